The molecule has 2 aromatic rings. The van der Waals surface area contributed by atoms with Crippen molar-refractivity contribution in [3.8, 4) is 5.75 Å². The molecule has 1 amide bonds. The van der Waals surface area contributed by atoms with Crippen molar-refractivity contribution in [1.29, 1.82) is 0 Å². The number of nitrogens with zero attached hydrogens (tertiary/aromatic N) is 2. The number of aromatic amines is 1. The van der Waals surface area contributed by atoms with Crippen molar-refractivity contribution in [2.45, 2.75) is 32.9 Å². The van der Waals surface area contributed by atoms with Gasteiger partial charge in [0, 0.05) is 37.3 Å². The topological polar surface area (TPSA) is 70.2 Å². The summed E-state index contributed by atoms with van der Waals surface area (Å²) in [5.74, 6) is 0.762. The summed E-state index contributed by atoms with van der Waals surface area (Å²) in [5, 5.41) is 10.6. The van der Waals surface area contributed by atoms with E-state index in [0.717, 1.165) is 35.5 Å². The largest absolute Gasteiger partial charge is 0.497 e. The van der Waals surface area contributed by atoms with Crippen LogP contribution in [-0.2, 0) is 13.0 Å². The number of carbonyl (C=O) groups excluding carboxylic acids is 1. The molecule has 2 heterocycles. The van der Waals surface area contributed by atoms with E-state index in [1.54, 1.807) is 7.11 Å². The summed E-state index contributed by atoms with van der Waals surface area (Å²) in [7, 11) is 1.65. The Morgan fingerprint density at radius 2 is 2.24 bits per heavy atom. The molecule has 1 aromatic heterocycles. The molecule has 0 fully saturated rings. The lowest BCUT2D eigenvalue weighted by Gasteiger charge is -2.28. The van der Waals surface area contributed by atoms with Gasteiger partial charge in [-0.15, -0.1) is 12.4 Å². The van der Waals surface area contributed by atoms with Crippen LogP contribution in [0.3, 0.4) is 0 Å². The number of ether oxygens (including phenoxy) is 1. The maximum absolute atomic E-state index is 13.1. The zero-order valence-corrected chi connectivity index (χ0v) is 15.7. The van der Waals surface area contributed by atoms with Crippen molar-refractivity contribution < 1.29 is 9.53 Å². The molecule has 7 heteroatoms. The van der Waals surface area contributed by atoms with Gasteiger partial charge in [-0.25, -0.2) is 0 Å². The smallest absolute Gasteiger partial charge is 0.275 e. The number of methoxy groups -OCH3 is 1. The second-order valence-electron chi connectivity index (χ2n) is 6.00. The number of benzene rings is 1. The molecule has 0 radical (unpaired) electrons. The first-order chi connectivity index (χ1) is 11.7. The number of fused-ring (bicyclic) bond motifs is 1. The van der Waals surface area contributed by atoms with Crippen LogP contribution in [0.1, 0.15) is 47.2 Å². The summed E-state index contributed by atoms with van der Waals surface area (Å²) in [6.45, 7) is 6.25. The molecule has 0 bridgehead atoms. The highest BCUT2D eigenvalue weighted by Gasteiger charge is 2.28. The van der Waals surface area contributed by atoms with Crippen molar-refractivity contribution in [2.75, 3.05) is 20.2 Å². The highest BCUT2D eigenvalue weighted by molar-refractivity contribution is 5.94. The van der Waals surface area contributed by atoms with Gasteiger partial charge in [-0.2, -0.15) is 5.10 Å². The Bertz CT molecular complexity index is 732. The molecule has 6 nitrogen and oxygen atoms in total. The number of nitrogens with one attached hydrogen (secondary N) is 2. The number of amides is 1. The van der Waals surface area contributed by atoms with E-state index < -0.39 is 0 Å². The number of hydrogen-bond donors (Lipinski definition) is 2. The molecule has 1 aliphatic heterocycles. The van der Waals surface area contributed by atoms with Crippen LogP contribution in [0.4, 0.5) is 0 Å². The van der Waals surface area contributed by atoms with E-state index in [4.69, 9.17) is 4.74 Å². The van der Waals surface area contributed by atoms with Crippen LogP contribution in [-0.4, -0.2) is 41.2 Å². The molecule has 25 heavy (non-hydrogen) atoms. The van der Waals surface area contributed by atoms with Crippen LogP contribution in [0.2, 0.25) is 0 Å². The third kappa shape index (κ3) is 3.80. The highest BCUT2D eigenvalue weighted by Crippen LogP contribution is 2.26. The first kappa shape index (κ1) is 19.3. The van der Waals surface area contributed by atoms with Gasteiger partial charge < -0.3 is 15.0 Å². The van der Waals surface area contributed by atoms with Crippen LogP contribution in [0.5, 0.6) is 5.75 Å². The second kappa shape index (κ2) is 8.36. The number of halogens is 1. The Hall–Kier alpha value is -2.05. The molecule has 0 saturated heterocycles. The number of aromatic nitrogens is 2. The average Bonchev–Trinajstić information content (AvgIpc) is 3.06. The molecule has 1 unspecified atom stereocenters. The summed E-state index contributed by atoms with van der Waals surface area (Å²) in [4.78, 5) is 14.9. The number of hydrogen-bond acceptors (Lipinski definition) is 4. The van der Waals surface area contributed by atoms with E-state index in [0.29, 0.717) is 18.8 Å². The number of H-pyrrole nitrogens is 1. The SMILES string of the molecule is CCN(C(=O)c1n[nH]c2c1CNCC2)C(C)c1cccc(OC)c1.Cl. The molecule has 0 saturated carbocycles. The lowest BCUT2D eigenvalue weighted by Crippen LogP contribution is -2.35. The van der Waals surface area contributed by atoms with Crippen molar-refractivity contribution in [3.05, 3.63) is 46.8 Å². The zero-order valence-electron chi connectivity index (χ0n) is 14.8. The van der Waals surface area contributed by atoms with Gasteiger partial charge in [-0.1, -0.05) is 12.1 Å². The Labute approximate surface area is 154 Å². The van der Waals surface area contributed by atoms with Crippen molar-refractivity contribution in [3.63, 3.8) is 0 Å². The molecule has 136 valence electrons. The molecule has 1 aromatic carbocycles. The summed E-state index contributed by atoms with van der Waals surface area (Å²) < 4.78 is 5.30. The summed E-state index contributed by atoms with van der Waals surface area (Å²) in [6.07, 6.45) is 0.882. The lowest BCUT2D eigenvalue weighted by atomic mass is 10.0. The van der Waals surface area contributed by atoms with Gasteiger partial charge in [0.2, 0.25) is 0 Å². The molecule has 0 aliphatic carbocycles. The fourth-order valence-corrected chi connectivity index (χ4v) is 3.21. The van der Waals surface area contributed by atoms with E-state index in [1.165, 1.54) is 0 Å². The van der Waals surface area contributed by atoms with Crippen molar-refractivity contribution >= 4 is 18.3 Å². The van der Waals surface area contributed by atoms with E-state index in [2.05, 4.69) is 15.5 Å². The van der Waals surface area contributed by atoms with Crippen LogP contribution < -0.4 is 10.1 Å². The molecule has 1 atom stereocenters. The molecule has 1 aliphatic rings. The number of rotatable bonds is 5. The van der Waals surface area contributed by atoms with E-state index in [-0.39, 0.29) is 24.4 Å². The normalized spacial score (nSPS) is 14.2. The summed E-state index contributed by atoms with van der Waals surface area (Å²) in [5.41, 5.74) is 3.66. The van der Waals surface area contributed by atoms with Crippen LogP contribution >= 0.6 is 12.4 Å². The van der Waals surface area contributed by atoms with Gasteiger partial charge in [-0.3, -0.25) is 9.89 Å². The van der Waals surface area contributed by atoms with Crippen molar-refractivity contribution in [1.82, 2.24) is 20.4 Å². The fourth-order valence-electron chi connectivity index (χ4n) is 3.21. The lowest BCUT2D eigenvalue weighted by molar-refractivity contribution is 0.0694. The van der Waals surface area contributed by atoms with E-state index in [1.807, 2.05) is 43.0 Å². The predicted molar refractivity (Wildman–Crippen MR) is 99.4 cm³/mol. The maximum atomic E-state index is 13.1. The van der Waals surface area contributed by atoms with E-state index in [9.17, 15) is 4.79 Å². The highest BCUT2D eigenvalue weighted by atomic mass is 35.5. The van der Waals surface area contributed by atoms with Gasteiger partial charge in [0.25, 0.3) is 5.91 Å². The average molecular weight is 365 g/mol. The predicted octanol–water partition coefficient (Wildman–Crippen LogP) is 2.71. The summed E-state index contributed by atoms with van der Waals surface area (Å²) >= 11 is 0. The van der Waals surface area contributed by atoms with Crippen LogP contribution in [0, 0.1) is 0 Å². The molecular weight excluding hydrogens is 340 g/mol. The van der Waals surface area contributed by atoms with E-state index >= 15 is 0 Å². The van der Waals surface area contributed by atoms with Gasteiger partial charge in [0.15, 0.2) is 5.69 Å². The minimum atomic E-state index is -0.0542. The van der Waals surface area contributed by atoms with Crippen LogP contribution in [0.15, 0.2) is 24.3 Å². The number of carbonyl (C=O) groups is 1. The molecule has 0 spiro atoms. The quantitative estimate of drug-likeness (QED) is 0.855. The molecule has 2 N–H and O–H groups in total. The van der Waals surface area contributed by atoms with Gasteiger partial charge in [0.05, 0.1) is 13.2 Å². The first-order valence-corrected chi connectivity index (χ1v) is 8.37. The third-order valence-electron chi connectivity index (χ3n) is 4.65. The third-order valence-corrected chi connectivity index (χ3v) is 4.65. The van der Waals surface area contributed by atoms with Gasteiger partial charge in [0.1, 0.15) is 5.75 Å². The molecule has 3 rings (SSSR count). The maximum Gasteiger partial charge on any atom is 0.275 e. The Morgan fingerprint density at radius 1 is 1.44 bits per heavy atom. The Kier molecular flexibility index (Phi) is 6.45. The monoisotopic (exact) mass is 364 g/mol. The Balaban J connectivity index is 0.00000225. The summed E-state index contributed by atoms with van der Waals surface area (Å²) in [6, 6.07) is 7.79. The van der Waals surface area contributed by atoms with Crippen molar-refractivity contribution in [2.24, 2.45) is 0 Å². The first-order valence-electron chi connectivity index (χ1n) is 8.37. The van der Waals surface area contributed by atoms with Gasteiger partial charge in [-0.05, 0) is 31.5 Å². The van der Waals surface area contributed by atoms with Gasteiger partial charge >= 0.3 is 0 Å². The Morgan fingerprint density at radius 3 is 2.96 bits per heavy atom. The fraction of sp³-hybridized carbons (Fsp3) is 0.444. The minimum absolute atomic E-state index is 0. The van der Waals surface area contributed by atoms with Crippen LogP contribution in [0.25, 0.3) is 0 Å². The second-order valence-corrected chi connectivity index (χ2v) is 6.00. The molecular formula is C18H25ClN4O2. The zero-order chi connectivity index (χ0) is 17.1. The standard InChI is InChI=1S/C18H24N4O2.ClH/c1-4-22(12(2)13-6-5-7-14(10-13)24-3)18(23)17-15-11-19-9-8-16(15)20-21-17;/h5-7,10,12,19H,4,8-9,11H2,1-3H3,(H,20,21);1H. The minimum Gasteiger partial charge on any atom is -0.497 e.